The van der Waals surface area contributed by atoms with Crippen molar-refractivity contribution >= 4 is 23.4 Å². The number of hydrogen-bond acceptors (Lipinski definition) is 3. The highest BCUT2D eigenvalue weighted by Gasteiger charge is 2.08. The first-order chi connectivity index (χ1) is 11.4. The van der Waals surface area contributed by atoms with Crippen LogP contribution in [-0.2, 0) is 11.3 Å². The van der Waals surface area contributed by atoms with Gasteiger partial charge in [-0.2, -0.15) is 0 Å². The molecular formula is C20H26N2OS. The standard InChI is InChI=1S/C20H26N2OS/c1-14-10-15(2)20(16(3)11-14)24-13-19(23)21-12-17-6-8-18(9-7-17)22(4)5/h6-11H,12-13H2,1-5H3,(H,21,23). The zero-order valence-electron chi connectivity index (χ0n) is 15.1. The van der Waals surface area contributed by atoms with E-state index < -0.39 is 0 Å². The van der Waals surface area contributed by atoms with Crippen molar-refractivity contribution in [1.82, 2.24) is 5.32 Å². The fourth-order valence-electron chi connectivity index (χ4n) is 2.70. The van der Waals surface area contributed by atoms with Crippen LogP contribution in [0.4, 0.5) is 5.69 Å². The van der Waals surface area contributed by atoms with E-state index in [-0.39, 0.29) is 5.91 Å². The molecule has 2 aromatic carbocycles. The van der Waals surface area contributed by atoms with Gasteiger partial charge in [0.15, 0.2) is 0 Å². The molecule has 0 heterocycles. The van der Waals surface area contributed by atoms with E-state index in [9.17, 15) is 4.79 Å². The summed E-state index contributed by atoms with van der Waals surface area (Å²) in [6, 6.07) is 12.6. The summed E-state index contributed by atoms with van der Waals surface area (Å²) in [7, 11) is 4.03. The maximum atomic E-state index is 12.1. The minimum absolute atomic E-state index is 0.0658. The lowest BCUT2D eigenvalue weighted by Crippen LogP contribution is -2.24. The molecule has 0 aliphatic carbocycles. The first kappa shape index (κ1) is 18.4. The van der Waals surface area contributed by atoms with E-state index in [1.54, 1.807) is 11.8 Å². The largest absolute Gasteiger partial charge is 0.378 e. The highest BCUT2D eigenvalue weighted by Crippen LogP contribution is 2.27. The molecule has 0 unspecified atom stereocenters. The van der Waals surface area contributed by atoms with Gasteiger partial charge in [-0.3, -0.25) is 4.79 Å². The molecule has 128 valence electrons. The van der Waals surface area contributed by atoms with Gasteiger partial charge in [0, 0.05) is 31.2 Å². The van der Waals surface area contributed by atoms with Crippen molar-refractivity contribution in [2.45, 2.75) is 32.2 Å². The molecule has 0 saturated heterocycles. The number of anilines is 1. The van der Waals surface area contributed by atoms with E-state index >= 15 is 0 Å². The average Bonchev–Trinajstić information content (AvgIpc) is 2.52. The van der Waals surface area contributed by atoms with Crippen LogP contribution < -0.4 is 10.2 Å². The highest BCUT2D eigenvalue weighted by atomic mass is 32.2. The lowest BCUT2D eigenvalue weighted by atomic mass is 10.1. The van der Waals surface area contributed by atoms with Gasteiger partial charge in [-0.15, -0.1) is 11.8 Å². The quantitative estimate of drug-likeness (QED) is 0.803. The summed E-state index contributed by atoms with van der Waals surface area (Å²) < 4.78 is 0. The number of thioether (sulfide) groups is 1. The van der Waals surface area contributed by atoms with Gasteiger partial charge in [-0.1, -0.05) is 29.8 Å². The number of benzene rings is 2. The Hall–Kier alpha value is -1.94. The first-order valence-corrected chi connectivity index (χ1v) is 9.09. The topological polar surface area (TPSA) is 32.3 Å². The molecule has 0 fully saturated rings. The molecule has 0 atom stereocenters. The third kappa shape index (κ3) is 5.03. The van der Waals surface area contributed by atoms with Crippen molar-refractivity contribution in [1.29, 1.82) is 0 Å². The lowest BCUT2D eigenvalue weighted by Gasteiger charge is -2.13. The van der Waals surface area contributed by atoms with Crippen molar-refractivity contribution < 1.29 is 4.79 Å². The van der Waals surface area contributed by atoms with E-state index in [0.29, 0.717) is 12.3 Å². The molecule has 0 spiro atoms. The van der Waals surface area contributed by atoms with Crippen molar-refractivity contribution in [3.8, 4) is 0 Å². The van der Waals surface area contributed by atoms with Gasteiger partial charge in [-0.05, 0) is 49.6 Å². The van der Waals surface area contributed by atoms with Crippen LogP contribution in [0.15, 0.2) is 41.3 Å². The SMILES string of the molecule is Cc1cc(C)c(SCC(=O)NCc2ccc(N(C)C)cc2)c(C)c1. The van der Waals surface area contributed by atoms with Crippen LogP contribution in [0.1, 0.15) is 22.3 Å². The van der Waals surface area contributed by atoms with E-state index in [1.807, 2.05) is 14.1 Å². The molecule has 24 heavy (non-hydrogen) atoms. The minimum atomic E-state index is 0.0658. The molecule has 0 aliphatic rings. The molecule has 0 bridgehead atoms. The molecule has 0 radical (unpaired) electrons. The smallest absolute Gasteiger partial charge is 0.230 e. The summed E-state index contributed by atoms with van der Waals surface area (Å²) in [5.74, 6) is 0.511. The van der Waals surface area contributed by atoms with Crippen LogP contribution in [-0.4, -0.2) is 25.8 Å². The zero-order chi connectivity index (χ0) is 17.7. The van der Waals surface area contributed by atoms with Crippen molar-refractivity contribution in [2.75, 3.05) is 24.7 Å². The summed E-state index contributed by atoms with van der Waals surface area (Å²) in [4.78, 5) is 15.4. The Morgan fingerprint density at radius 2 is 1.62 bits per heavy atom. The Morgan fingerprint density at radius 3 is 2.17 bits per heavy atom. The second-order valence-electron chi connectivity index (χ2n) is 6.35. The monoisotopic (exact) mass is 342 g/mol. The Kier molecular flexibility index (Phi) is 6.32. The molecule has 0 aliphatic heterocycles. The highest BCUT2D eigenvalue weighted by molar-refractivity contribution is 8.00. The zero-order valence-corrected chi connectivity index (χ0v) is 16.0. The molecule has 0 aromatic heterocycles. The molecule has 2 rings (SSSR count). The molecule has 0 saturated carbocycles. The van der Waals surface area contributed by atoms with Crippen molar-refractivity contribution in [2.24, 2.45) is 0 Å². The number of nitrogens with one attached hydrogen (secondary N) is 1. The lowest BCUT2D eigenvalue weighted by molar-refractivity contribution is -0.118. The van der Waals surface area contributed by atoms with E-state index in [4.69, 9.17) is 0 Å². The molecule has 4 heteroatoms. The maximum Gasteiger partial charge on any atom is 0.230 e. The Labute approximate surface area is 149 Å². The molecular weight excluding hydrogens is 316 g/mol. The molecule has 1 amide bonds. The predicted molar refractivity (Wildman–Crippen MR) is 104 cm³/mol. The third-order valence-electron chi connectivity index (χ3n) is 3.89. The summed E-state index contributed by atoms with van der Waals surface area (Å²) in [6.07, 6.45) is 0. The Bertz CT molecular complexity index is 685. The van der Waals surface area contributed by atoms with Gasteiger partial charge < -0.3 is 10.2 Å². The van der Waals surface area contributed by atoms with Crippen molar-refractivity contribution in [3.63, 3.8) is 0 Å². The van der Waals surface area contributed by atoms with Crippen LogP contribution >= 0.6 is 11.8 Å². The number of carbonyl (C=O) groups excluding carboxylic acids is 1. The maximum absolute atomic E-state index is 12.1. The van der Waals surface area contributed by atoms with Gasteiger partial charge in [0.1, 0.15) is 0 Å². The number of amides is 1. The third-order valence-corrected chi connectivity index (χ3v) is 5.23. The summed E-state index contributed by atoms with van der Waals surface area (Å²) in [6.45, 7) is 6.88. The van der Waals surface area contributed by atoms with Crippen LogP contribution in [0.25, 0.3) is 0 Å². The molecule has 2 aromatic rings. The fraction of sp³-hybridized carbons (Fsp3) is 0.350. The van der Waals surface area contributed by atoms with Crippen LogP contribution in [0, 0.1) is 20.8 Å². The number of carbonyl (C=O) groups is 1. The second-order valence-corrected chi connectivity index (χ2v) is 7.34. The van der Waals surface area contributed by atoms with Crippen LogP contribution in [0.2, 0.25) is 0 Å². The van der Waals surface area contributed by atoms with E-state index in [0.717, 1.165) is 11.3 Å². The van der Waals surface area contributed by atoms with Gasteiger partial charge in [0.2, 0.25) is 5.91 Å². The van der Waals surface area contributed by atoms with Crippen LogP contribution in [0.3, 0.4) is 0 Å². The minimum Gasteiger partial charge on any atom is -0.378 e. The summed E-state index contributed by atoms with van der Waals surface area (Å²) >= 11 is 1.61. The molecule has 3 nitrogen and oxygen atoms in total. The van der Waals surface area contributed by atoms with Gasteiger partial charge >= 0.3 is 0 Å². The average molecular weight is 343 g/mol. The summed E-state index contributed by atoms with van der Waals surface area (Å²) in [5, 5.41) is 2.99. The Morgan fingerprint density at radius 1 is 1.04 bits per heavy atom. The first-order valence-electron chi connectivity index (χ1n) is 8.10. The predicted octanol–water partition coefficient (Wildman–Crippen LogP) is 4.09. The van der Waals surface area contributed by atoms with Gasteiger partial charge in [-0.25, -0.2) is 0 Å². The second kappa shape index (κ2) is 8.25. The van der Waals surface area contributed by atoms with E-state index in [2.05, 4.69) is 67.4 Å². The number of hydrogen-bond donors (Lipinski definition) is 1. The molecule has 1 N–H and O–H groups in total. The Balaban J connectivity index is 1.86. The van der Waals surface area contributed by atoms with Crippen LogP contribution in [0.5, 0.6) is 0 Å². The van der Waals surface area contributed by atoms with Gasteiger partial charge in [0.05, 0.1) is 5.75 Å². The fourth-order valence-corrected chi connectivity index (χ4v) is 3.65. The van der Waals surface area contributed by atoms with Crippen molar-refractivity contribution in [3.05, 3.63) is 58.7 Å². The van der Waals surface area contributed by atoms with Gasteiger partial charge in [0.25, 0.3) is 0 Å². The number of rotatable bonds is 6. The van der Waals surface area contributed by atoms with E-state index in [1.165, 1.54) is 21.6 Å². The normalized spacial score (nSPS) is 10.5. The number of nitrogens with zero attached hydrogens (tertiary/aromatic N) is 1. The number of aryl methyl sites for hydroxylation is 3. The summed E-state index contributed by atoms with van der Waals surface area (Å²) in [5.41, 5.74) is 6.02.